The second-order valence-electron chi connectivity index (χ2n) is 6.65. The lowest BCUT2D eigenvalue weighted by molar-refractivity contribution is 0.486. The number of pyridine rings is 1. The van der Waals surface area contributed by atoms with Gasteiger partial charge in [0.25, 0.3) is 0 Å². The predicted octanol–water partition coefficient (Wildman–Crippen LogP) is 5.85. The van der Waals surface area contributed by atoms with Crippen LogP contribution in [0.1, 0.15) is 27.9 Å². The first-order valence-electron chi connectivity index (χ1n) is 8.30. The van der Waals surface area contributed by atoms with Gasteiger partial charge in [0.05, 0.1) is 10.0 Å². The molecule has 0 aliphatic heterocycles. The Bertz CT molecular complexity index is 1160. The summed E-state index contributed by atoms with van der Waals surface area (Å²) < 4.78 is 31.9. The van der Waals surface area contributed by atoms with Gasteiger partial charge in [0, 0.05) is 11.1 Å². The van der Waals surface area contributed by atoms with Crippen LogP contribution in [0.4, 0.5) is 0 Å². The summed E-state index contributed by atoms with van der Waals surface area (Å²) in [5.41, 5.74) is 4.06. The second-order valence-corrected chi connectivity index (χ2v) is 8.94. The van der Waals surface area contributed by atoms with E-state index in [1.165, 1.54) is 6.07 Å². The van der Waals surface area contributed by atoms with Gasteiger partial charge in [-0.15, -0.1) is 0 Å². The number of aromatic nitrogens is 1. The van der Waals surface area contributed by atoms with Gasteiger partial charge in [0.1, 0.15) is 10.4 Å². The monoisotopic (exact) mass is 423 g/mol. The number of fused-ring (bicyclic) bond motifs is 1. The Morgan fingerprint density at radius 3 is 2.07 bits per heavy atom. The lowest BCUT2D eigenvalue weighted by Gasteiger charge is -2.17. The summed E-state index contributed by atoms with van der Waals surface area (Å²) in [6, 6.07) is 6.98. The van der Waals surface area contributed by atoms with E-state index in [9.17, 15) is 8.42 Å². The summed E-state index contributed by atoms with van der Waals surface area (Å²) >= 11 is 12.5. The highest BCUT2D eigenvalue weighted by molar-refractivity contribution is 7.87. The minimum atomic E-state index is -4.13. The Kier molecular flexibility index (Phi) is 5.14. The number of aryl methyl sites for hydroxylation is 3. The van der Waals surface area contributed by atoms with Gasteiger partial charge in [0.15, 0.2) is 5.75 Å². The average molecular weight is 424 g/mol. The Labute approximate surface area is 169 Å². The molecule has 0 N–H and O–H groups in total. The van der Waals surface area contributed by atoms with Crippen molar-refractivity contribution >= 4 is 44.2 Å². The van der Waals surface area contributed by atoms with E-state index in [1.54, 1.807) is 32.9 Å². The van der Waals surface area contributed by atoms with Crippen molar-refractivity contribution in [2.24, 2.45) is 0 Å². The first-order valence-corrected chi connectivity index (χ1v) is 10.5. The minimum absolute atomic E-state index is 0.0160. The third kappa shape index (κ3) is 3.51. The molecular weight excluding hydrogens is 405 g/mol. The van der Waals surface area contributed by atoms with Crippen molar-refractivity contribution in [2.45, 2.75) is 39.5 Å². The molecule has 0 spiro atoms. The van der Waals surface area contributed by atoms with E-state index in [4.69, 9.17) is 27.4 Å². The summed E-state index contributed by atoms with van der Waals surface area (Å²) in [6.07, 6.45) is 0. The molecule has 0 saturated carbocycles. The molecule has 27 heavy (non-hydrogen) atoms. The molecule has 0 aliphatic rings. The molecule has 0 saturated heterocycles. The van der Waals surface area contributed by atoms with Crippen molar-refractivity contribution in [1.82, 2.24) is 4.98 Å². The fourth-order valence-corrected chi connectivity index (χ4v) is 5.22. The zero-order valence-corrected chi connectivity index (χ0v) is 18.0. The van der Waals surface area contributed by atoms with E-state index in [-0.39, 0.29) is 15.7 Å². The van der Waals surface area contributed by atoms with Crippen LogP contribution in [0.15, 0.2) is 29.2 Å². The maximum atomic E-state index is 13.2. The van der Waals surface area contributed by atoms with Crippen LogP contribution in [0.25, 0.3) is 10.9 Å². The van der Waals surface area contributed by atoms with Crippen molar-refractivity contribution in [1.29, 1.82) is 0 Å². The van der Waals surface area contributed by atoms with Gasteiger partial charge in [-0.2, -0.15) is 8.42 Å². The molecule has 0 bridgehead atoms. The molecule has 1 heterocycles. The molecule has 0 fully saturated rings. The molecule has 142 valence electrons. The predicted molar refractivity (Wildman–Crippen MR) is 110 cm³/mol. The molecule has 4 nitrogen and oxygen atoms in total. The molecule has 7 heteroatoms. The van der Waals surface area contributed by atoms with E-state index in [1.807, 2.05) is 19.9 Å². The van der Waals surface area contributed by atoms with Crippen LogP contribution in [0.2, 0.25) is 10.0 Å². The van der Waals surface area contributed by atoms with Crippen LogP contribution in [-0.4, -0.2) is 13.4 Å². The highest BCUT2D eigenvalue weighted by Crippen LogP contribution is 2.39. The Morgan fingerprint density at radius 2 is 1.48 bits per heavy atom. The van der Waals surface area contributed by atoms with Crippen molar-refractivity contribution in [3.8, 4) is 5.75 Å². The van der Waals surface area contributed by atoms with Crippen LogP contribution < -0.4 is 4.18 Å². The van der Waals surface area contributed by atoms with E-state index < -0.39 is 10.1 Å². The summed E-state index contributed by atoms with van der Waals surface area (Å²) in [4.78, 5) is 4.56. The number of halogens is 2. The van der Waals surface area contributed by atoms with Crippen molar-refractivity contribution in [3.05, 3.63) is 62.3 Å². The highest BCUT2D eigenvalue weighted by atomic mass is 35.5. The van der Waals surface area contributed by atoms with Gasteiger partial charge >= 0.3 is 10.1 Å². The molecule has 1 aromatic heterocycles. The maximum Gasteiger partial charge on any atom is 0.339 e. The van der Waals surface area contributed by atoms with E-state index in [2.05, 4.69) is 4.98 Å². The van der Waals surface area contributed by atoms with E-state index >= 15 is 0 Å². The third-order valence-corrected chi connectivity index (χ3v) is 6.81. The molecule has 0 amide bonds. The van der Waals surface area contributed by atoms with Crippen LogP contribution in [0, 0.1) is 34.6 Å². The molecule has 0 atom stereocenters. The zero-order valence-electron chi connectivity index (χ0n) is 15.6. The molecule has 3 rings (SSSR count). The fraction of sp³-hybridized carbons (Fsp3) is 0.250. The zero-order chi connectivity index (χ0) is 20.1. The SMILES string of the molecule is Cc1ccc2c(Cl)cc(Cl)c(OS(=O)(=O)c3c(C)c(C)cc(C)c3C)c2n1. The van der Waals surface area contributed by atoms with Crippen LogP contribution in [0.5, 0.6) is 5.75 Å². The van der Waals surface area contributed by atoms with E-state index in [0.29, 0.717) is 32.7 Å². The van der Waals surface area contributed by atoms with Gasteiger partial charge in [-0.05, 0) is 75.1 Å². The quantitative estimate of drug-likeness (QED) is 0.495. The minimum Gasteiger partial charge on any atom is -0.375 e. The summed E-state index contributed by atoms with van der Waals surface area (Å²) in [7, 11) is -4.13. The third-order valence-electron chi connectivity index (χ3n) is 4.72. The lowest BCUT2D eigenvalue weighted by atomic mass is 10.0. The van der Waals surface area contributed by atoms with Crippen LogP contribution in [0.3, 0.4) is 0 Å². The topological polar surface area (TPSA) is 56.3 Å². The molecular formula is C20H19Cl2NO3S. The van der Waals surface area contributed by atoms with Crippen LogP contribution in [-0.2, 0) is 10.1 Å². The second kappa shape index (κ2) is 6.97. The van der Waals surface area contributed by atoms with Gasteiger partial charge < -0.3 is 4.18 Å². The molecule has 0 radical (unpaired) electrons. The number of rotatable bonds is 3. The normalized spacial score (nSPS) is 11.8. The largest absolute Gasteiger partial charge is 0.375 e. The maximum absolute atomic E-state index is 13.2. The Morgan fingerprint density at radius 1 is 0.889 bits per heavy atom. The Hall–Kier alpha value is -1.82. The highest BCUT2D eigenvalue weighted by Gasteiger charge is 2.27. The molecule has 3 aromatic rings. The lowest BCUT2D eigenvalue weighted by Crippen LogP contribution is -2.15. The van der Waals surface area contributed by atoms with Crippen molar-refractivity contribution in [2.75, 3.05) is 0 Å². The number of benzene rings is 2. The molecule has 0 unspecified atom stereocenters. The molecule has 2 aromatic carbocycles. The van der Waals surface area contributed by atoms with Crippen molar-refractivity contribution in [3.63, 3.8) is 0 Å². The van der Waals surface area contributed by atoms with Gasteiger partial charge in [-0.25, -0.2) is 4.98 Å². The fourth-order valence-electron chi connectivity index (χ4n) is 3.08. The number of hydrogen-bond donors (Lipinski definition) is 0. The average Bonchev–Trinajstić information content (AvgIpc) is 2.56. The number of hydrogen-bond acceptors (Lipinski definition) is 4. The summed E-state index contributed by atoms with van der Waals surface area (Å²) in [5.74, 6) is -0.0160. The van der Waals surface area contributed by atoms with Crippen LogP contribution >= 0.6 is 23.2 Å². The first-order chi connectivity index (χ1) is 12.5. The van der Waals surface area contributed by atoms with Gasteiger partial charge in [-0.1, -0.05) is 29.3 Å². The summed E-state index contributed by atoms with van der Waals surface area (Å²) in [6.45, 7) is 9.07. The van der Waals surface area contributed by atoms with Gasteiger partial charge in [0.2, 0.25) is 0 Å². The first kappa shape index (κ1) is 19.9. The van der Waals surface area contributed by atoms with Crippen molar-refractivity contribution < 1.29 is 12.6 Å². The van der Waals surface area contributed by atoms with Gasteiger partial charge in [-0.3, -0.25) is 0 Å². The smallest absolute Gasteiger partial charge is 0.339 e. The molecule has 0 aliphatic carbocycles. The standard InChI is InChI=1S/C20H19Cl2NO3S/c1-10-8-11(2)14(5)20(13(10)4)27(24,25)26-19-17(22)9-16(21)15-7-6-12(3)23-18(15)19/h6-9H,1-5H3. The van der Waals surface area contributed by atoms with E-state index in [0.717, 1.165) is 11.1 Å². The number of nitrogens with zero attached hydrogens (tertiary/aromatic N) is 1. The summed E-state index contributed by atoms with van der Waals surface area (Å²) in [5, 5.41) is 1.05. The Balaban J connectivity index is 2.26.